The maximum atomic E-state index is 13.6. The summed E-state index contributed by atoms with van der Waals surface area (Å²) in [6.45, 7) is 3.75. The number of hydrogen-bond acceptors (Lipinski definition) is 4. The van der Waals surface area contributed by atoms with Crippen molar-refractivity contribution in [1.29, 1.82) is 0 Å². The number of hydrogen-bond donors (Lipinski definition) is 0. The number of ether oxygens (including phenoxy) is 1. The Labute approximate surface area is 134 Å². The quantitative estimate of drug-likeness (QED) is 0.433. The van der Waals surface area contributed by atoms with Crippen molar-refractivity contribution < 1.29 is 18.7 Å². The van der Waals surface area contributed by atoms with E-state index in [4.69, 9.17) is 16.3 Å². The lowest BCUT2D eigenvalue weighted by molar-refractivity contribution is -0.140. The summed E-state index contributed by atoms with van der Waals surface area (Å²) in [7, 11) is 1.31. The fourth-order valence-corrected chi connectivity index (χ4v) is 3.32. The number of methoxy groups -OCH3 is 1. The van der Waals surface area contributed by atoms with Crippen LogP contribution in [0.2, 0.25) is 0 Å². The Kier molecular flexibility index (Phi) is 6.48. The summed E-state index contributed by atoms with van der Waals surface area (Å²) in [6.07, 6.45) is 0. The first-order valence-corrected chi connectivity index (χ1v) is 7.76. The van der Waals surface area contributed by atoms with Crippen molar-refractivity contribution >= 4 is 50.5 Å². The predicted octanol–water partition coefficient (Wildman–Crippen LogP) is 4.26. The van der Waals surface area contributed by atoms with E-state index in [1.807, 2.05) is 13.8 Å². The average molecular weight is 384 g/mol. The lowest BCUT2D eigenvalue weighted by Gasteiger charge is -2.18. The number of rotatable bonds is 5. The Morgan fingerprint density at radius 2 is 2.00 bits per heavy atom. The Hall–Kier alpha value is -0.590. The summed E-state index contributed by atoms with van der Waals surface area (Å²) in [5.74, 6) is -1.07. The van der Waals surface area contributed by atoms with Crippen LogP contribution in [-0.4, -0.2) is 23.6 Å². The number of carbonyl (C=O) groups is 2. The molecule has 0 aliphatic heterocycles. The highest BCUT2D eigenvalue weighted by molar-refractivity contribution is 9.10. The summed E-state index contributed by atoms with van der Waals surface area (Å²) < 4.78 is 18.8. The average Bonchev–Trinajstić information content (AvgIpc) is 2.36. The summed E-state index contributed by atoms with van der Waals surface area (Å²) in [6, 6.07) is 2.49. The molecule has 1 rings (SSSR count). The highest BCUT2D eigenvalue weighted by Crippen LogP contribution is 2.36. The van der Waals surface area contributed by atoms with Crippen LogP contribution in [0, 0.1) is 11.7 Å². The SMILES string of the molecule is COC(=O)C(Sc1cc(C(=O)Cl)c(F)cc1Br)C(C)C. The van der Waals surface area contributed by atoms with Gasteiger partial charge in [0.05, 0.1) is 12.7 Å². The molecule has 0 amide bonds. The predicted molar refractivity (Wildman–Crippen MR) is 80.8 cm³/mol. The van der Waals surface area contributed by atoms with E-state index in [9.17, 15) is 14.0 Å². The molecule has 1 aromatic carbocycles. The van der Waals surface area contributed by atoms with Crippen molar-refractivity contribution in [1.82, 2.24) is 0 Å². The van der Waals surface area contributed by atoms with Crippen LogP contribution in [0.1, 0.15) is 24.2 Å². The third-order valence-electron chi connectivity index (χ3n) is 2.53. The molecule has 3 nitrogen and oxygen atoms in total. The standard InChI is InChI=1S/C13H13BrClFO3S/c1-6(2)11(13(18)19-3)20-10-4-7(12(15)17)9(16)5-8(10)14/h4-6,11H,1-3H3. The van der Waals surface area contributed by atoms with Crippen LogP contribution in [0.15, 0.2) is 21.5 Å². The van der Waals surface area contributed by atoms with Crippen LogP contribution in [-0.2, 0) is 9.53 Å². The second-order valence-corrected chi connectivity index (χ2v) is 6.72. The number of carbonyl (C=O) groups excluding carboxylic acids is 2. The van der Waals surface area contributed by atoms with E-state index >= 15 is 0 Å². The Morgan fingerprint density at radius 3 is 2.45 bits per heavy atom. The molecule has 0 spiro atoms. The Balaban J connectivity index is 3.16. The van der Waals surface area contributed by atoms with E-state index < -0.39 is 16.3 Å². The van der Waals surface area contributed by atoms with E-state index in [0.29, 0.717) is 9.37 Å². The van der Waals surface area contributed by atoms with Crippen molar-refractivity contribution in [3.8, 4) is 0 Å². The van der Waals surface area contributed by atoms with Crippen molar-refractivity contribution in [2.75, 3.05) is 7.11 Å². The third-order valence-corrected chi connectivity index (χ3v) is 5.23. The van der Waals surface area contributed by atoms with Crippen molar-refractivity contribution in [3.63, 3.8) is 0 Å². The number of halogens is 3. The lowest BCUT2D eigenvalue weighted by atomic mass is 10.1. The smallest absolute Gasteiger partial charge is 0.319 e. The zero-order valence-corrected chi connectivity index (χ0v) is 14.2. The largest absolute Gasteiger partial charge is 0.468 e. The molecule has 1 atom stereocenters. The van der Waals surface area contributed by atoms with Crippen LogP contribution < -0.4 is 0 Å². The van der Waals surface area contributed by atoms with E-state index in [2.05, 4.69) is 15.9 Å². The van der Waals surface area contributed by atoms with Gasteiger partial charge in [-0.15, -0.1) is 11.8 Å². The summed E-state index contributed by atoms with van der Waals surface area (Å²) >= 11 is 9.74. The first kappa shape index (κ1) is 17.5. The van der Waals surface area contributed by atoms with Crippen LogP contribution in [0.4, 0.5) is 4.39 Å². The second kappa shape index (κ2) is 7.43. The molecule has 0 saturated heterocycles. The normalized spacial score (nSPS) is 12.3. The van der Waals surface area contributed by atoms with Gasteiger partial charge < -0.3 is 4.74 Å². The Bertz CT molecular complexity index is 537. The monoisotopic (exact) mass is 382 g/mol. The number of esters is 1. The van der Waals surface area contributed by atoms with Gasteiger partial charge in [-0.2, -0.15) is 0 Å². The Morgan fingerprint density at radius 1 is 1.40 bits per heavy atom. The molecule has 0 aromatic heterocycles. The molecule has 1 unspecified atom stereocenters. The van der Waals surface area contributed by atoms with Crippen LogP contribution in [0.5, 0.6) is 0 Å². The summed E-state index contributed by atoms with van der Waals surface area (Å²) in [5.41, 5.74) is -0.218. The zero-order valence-electron chi connectivity index (χ0n) is 11.1. The number of thioether (sulfide) groups is 1. The van der Waals surface area contributed by atoms with Gasteiger partial charge in [0, 0.05) is 9.37 Å². The molecule has 20 heavy (non-hydrogen) atoms. The molecule has 1 aromatic rings. The van der Waals surface area contributed by atoms with Gasteiger partial charge in [-0.25, -0.2) is 4.39 Å². The van der Waals surface area contributed by atoms with Crippen LogP contribution >= 0.6 is 39.3 Å². The molecule has 0 bridgehead atoms. The summed E-state index contributed by atoms with van der Waals surface area (Å²) in [4.78, 5) is 23.4. The lowest BCUT2D eigenvalue weighted by Crippen LogP contribution is -2.24. The molecule has 0 aliphatic rings. The molecule has 110 valence electrons. The molecule has 7 heteroatoms. The van der Waals surface area contributed by atoms with Gasteiger partial charge in [0.25, 0.3) is 5.24 Å². The molecular weight excluding hydrogens is 371 g/mol. The first-order valence-electron chi connectivity index (χ1n) is 5.71. The van der Waals surface area contributed by atoms with Gasteiger partial charge in [0.15, 0.2) is 0 Å². The van der Waals surface area contributed by atoms with Gasteiger partial charge in [0.2, 0.25) is 0 Å². The van der Waals surface area contributed by atoms with Gasteiger partial charge in [-0.05, 0) is 45.6 Å². The van der Waals surface area contributed by atoms with Crippen LogP contribution in [0.3, 0.4) is 0 Å². The molecule has 0 heterocycles. The first-order chi connectivity index (χ1) is 9.27. The zero-order chi connectivity index (χ0) is 15.4. The van der Waals surface area contributed by atoms with Crippen molar-refractivity contribution in [2.45, 2.75) is 24.0 Å². The molecule has 0 saturated carbocycles. The van der Waals surface area contributed by atoms with Gasteiger partial charge in [-0.1, -0.05) is 13.8 Å². The third kappa shape index (κ3) is 4.20. The van der Waals surface area contributed by atoms with Crippen molar-refractivity contribution in [3.05, 3.63) is 28.0 Å². The molecule has 0 fully saturated rings. The van der Waals surface area contributed by atoms with E-state index in [0.717, 1.165) is 6.07 Å². The van der Waals surface area contributed by atoms with E-state index in [-0.39, 0.29) is 17.5 Å². The molecule has 0 radical (unpaired) electrons. The minimum atomic E-state index is -0.879. The maximum Gasteiger partial charge on any atom is 0.319 e. The molecule has 0 N–H and O–H groups in total. The second-order valence-electron chi connectivity index (χ2n) is 4.34. The van der Waals surface area contributed by atoms with E-state index in [1.54, 1.807) is 0 Å². The van der Waals surface area contributed by atoms with Crippen molar-refractivity contribution in [2.24, 2.45) is 5.92 Å². The highest BCUT2D eigenvalue weighted by atomic mass is 79.9. The fraction of sp³-hybridized carbons (Fsp3) is 0.385. The molecular formula is C13H13BrClFO3S. The fourth-order valence-electron chi connectivity index (χ4n) is 1.48. The minimum absolute atomic E-state index is 0.0135. The maximum absolute atomic E-state index is 13.6. The molecule has 0 aliphatic carbocycles. The van der Waals surface area contributed by atoms with E-state index in [1.165, 1.54) is 24.9 Å². The topological polar surface area (TPSA) is 43.4 Å². The summed E-state index contributed by atoms with van der Waals surface area (Å²) in [5, 5.41) is -1.34. The van der Waals surface area contributed by atoms with Gasteiger partial charge in [0.1, 0.15) is 11.1 Å². The van der Waals surface area contributed by atoms with Gasteiger partial charge in [-0.3, -0.25) is 9.59 Å². The van der Waals surface area contributed by atoms with Gasteiger partial charge >= 0.3 is 5.97 Å². The van der Waals surface area contributed by atoms with Crippen LogP contribution in [0.25, 0.3) is 0 Å². The highest BCUT2D eigenvalue weighted by Gasteiger charge is 2.26. The minimum Gasteiger partial charge on any atom is -0.468 e. The number of benzene rings is 1.